The molecule has 0 saturated carbocycles. The Morgan fingerprint density at radius 3 is 2.57 bits per heavy atom. The van der Waals surface area contributed by atoms with Gasteiger partial charge < -0.3 is 29.7 Å². The van der Waals surface area contributed by atoms with Crippen LogP contribution < -0.4 is 20.3 Å². The molecule has 4 rings (SSSR count). The lowest BCUT2D eigenvalue weighted by atomic mass is 10.1. The zero-order valence-electron chi connectivity index (χ0n) is 23.7. The summed E-state index contributed by atoms with van der Waals surface area (Å²) in [6.45, 7) is -0.440. The topological polar surface area (TPSA) is 100 Å². The first-order valence-corrected chi connectivity index (χ1v) is 13.7. The van der Waals surface area contributed by atoms with E-state index in [1.807, 2.05) is 61.1 Å². The number of amides is 1. The monoisotopic (exact) mass is 602 g/mol. The van der Waals surface area contributed by atoms with Gasteiger partial charge in [-0.3, -0.25) is 4.79 Å². The number of ether oxygens (including phenoxy) is 1. The zero-order chi connectivity index (χ0) is 30.4. The van der Waals surface area contributed by atoms with Crippen LogP contribution in [0.25, 0.3) is 22.2 Å². The van der Waals surface area contributed by atoms with Crippen molar-refractivity contribution in [3.63, 3.8) is 0 Å². The van der Waals surface area contributed by atoms with Crippen molar-refractivity contribution in [3.8, 4) is 17.1 Å². The number of pyridine rings is 1. The molecule has 0 unspecified atom stereocenters. The van der Waals surface area contributed by atoms with Crippen molar-refractivity contribution < 1.29 is 22.7 Å². The third-order valence-electron chi connectivity index (χ3n) is 6.27. The molecule has 0 saturated heterocycles. The van der Waals surface area contributed by atoms with Gasteiger partial charge in [-0.1, -0.05) is 18.2 Å². The van der Waals surface area contributed by atoms with Crippen molar-refractivity contribution >= 4 is 52.6 Å². The number of aromatic nitrogens is 4. The van der Waals surface area contributed by atoms with E-state index in [1.54, 1.807) is 24.2 Å². The quantitative estimate of drug-likeness (QED) is 0.196. The highest BCUT2D eigenvalue weighted by atomic mass is 32.1. The number of fused-ring (bicyclic) bond motifs is 1. The van der Waals surface area contributed by atoms with Crippen LogP contribution in [-0.2, 0) is 11.8 Å². The van der Waals surface area contributed by atoms with E-state index in [0.717, 1.165) is 16.5 Å². The number of para-hydroxylation sites is 1. The highest BCUT2D eigenvalue weighted by Crippen LogP contribution is 2.36. The number of nitrogens with zero attached hydrogens (tertiary/aromatic N) is 6. The number of thiol groups is 1. The van der Waals surface area contributed by atoms with Crippen LogP contribution in [0.1, 0.15) is 6.42 Å². The number of anilines is 4. The molecule has 2 N–H and O–H groups in total. The largest absolute Gasteiger partial charge is 0.466 e. The number of hydrogen-bond acceptors (Lipinski definition) is 9. The van der Waals surface area contributed by atoms with Crippen LogP contribution in [-0.4, -0.2) is 83.1 Å². The van der Waals surface area contributed by atoms with Gasteiger partial charge in [-0.15, -0.1) is 0 Å². The van der Waals surface area contributed by atoms with Crippen molar-refractivity contribution in [1.82, 2.24) is 24.4 Å². The number of likely N-dealkylation sites (N-methyl/N-ethyl adjacent to an activating group) is 2. The maximum absolute atomic E-state index is 13.2. The predicted octanol–water partition coefficient (Wildman–Crippen LogP) is 4.97. The lowest BCUT2D eigenvalue weighted by molar-refractivity contribution is -0.153. The lowest BCUT2D eigenvalue weighted by Crippen LogP contribution is -2.30. The summed E-state index contributed by atoms with van der Waals surface area (Å²) in [5, 5.41) is 6.74. The lowest BCUT2D eigenvalue weighted by Gasteiger charge is -2.25. The molecule has 10 nitrogen and oxygen atoms in total. The van der Waals surface area contributed by atoms with Crippen molar-refractivity contribution in [2.75, 3.05) is 62.1 Å². The maximum atomic E-state index is 13.2. The normalized spacial score (nSPS) is 11.6. The molecular formula is C28H33F3N8O2S. The first kappa shape index (κ1) is 30.9. The molecule has 0 aliphatic carbocycles. The van der Waals surface area contributed by atoms with Gasteiger partial charge in [0.05, 0.1) is 11.4 Å². The van der Waals surface area contributed by atoms with Gasteiger partial charge >= 0.3 is 6.18 Å². The van der Waals surface area contributed by atoms with Gasteiger partial charge in [0.25, 0.3) is 0 Å². The second kappa shape index (κ2) is 13.3. The number of hydrogen-bond donors (Lipinski definition) is 3. The van der Waals surface area contributed by atoms with Crippen molar-refractivity contribution in [3.05, 3.63) is 48.8 Å². The number of benzene rings is 1. The van der Waals surface area contributed by atoms with Crippen molar-refractivity contribution in [2.24, 2.45) is 7.05 Å². The highest BCUT2D eigenvalue weighted by molar-refractivity contribution is 7.80. The number of carbonyl (C=O) groups is 1. The van der Waals surface area contributed by atoms with E-state index in [9.17, 15) is 18.0 Å². The van der Waals surface area contributed by atoms with E-state index in [0.29, 0.717) is 24.5 Å². The standard InChI is InChI=1S/C28H33F3N8O2S/c1-37(2)12-13-38(3)25-21(33-24(40)10-14-42)15-22(26(36-25)41-17-28(29,30)31)35-27-32-11-9-20(34-27)19-16-39(4)23-8-6-5-7-18(19)23/h5-9,11,15-16,42H,10,12-14,17H2,1-4H3,(H,33,40)(H,32,34,35). The molecule has 14 heteroatoms. The Kier molecular flexibility index (Phi) is 9.78. The van der Waals surface area contributed by atoms with Crippen LogP contribution >= 0.6 is 12.6 Å². The minimum absolute atomic E-state index is 0.0558. The van der Waals surface area contributed by atoms with E-state index < -0.39 is 12.8 Å². The Balaban J connectivity index is 1.76. The molecule has 224 valence electrons. The number of rotatable bonds is 12. The molecule has 3 heterocycles. The van der Waals surface area contributed by atoms with E-state index in [2.05, 4.69) is 38.2 Å². The summed E-state index contributed by atoms with van der Waals surface area (Å²) < 4.78 is 46.7. The summed E-state index contributed by atoms with van der Waals surface area (Å²) in [7, 11) is 7.46. The fraction of sp³-hybridized carbons (Fsp3) is 0.357. The smallest absolute Gasteiger partial charge is 0.422 e. The molecule has 0 spiro atoms. The molecule has 4 aromatic rings. The van der Waals surface area contributed by atoms with Crippen LogP contribution in [0.3, 0.4) is 0 Å². The third kappa shape index (κ3) is 7.82. The Morgan fingerprint density at radius 1 is 1.10 bits per heavy atom. The van der Waals surface area contributed by atoms with Crippen LogP contribution in [0.5, 0.6) is 5.88 Å². The van der Waals surface area contributed by atoms with Gasteiger partial charge in [0.2, 0.25) is 17.7 Å². The Morgan fingerprint density at radius 2 is 1.86 bits per heavy atom. The minimum Gasteiger partial charge on any atom is -0.466 e. The van der Waals surface area contributed by atoms with E-state index in [1.165, 1.54) is 6.07 Å². The summed E-state index contributed by atoms with van der Waals surface area (Å²) in [5.41, 5.74) is 2.83. The molecule has 0 aliphatic heterocycles. The van der Waals surface area contributed by atoms with Crippen molar-refractivity contribution in [1.29, 1.82) is 0 Å². The van der Waals surface area contributed by atoms with Crippen LogP contribution in [0.4, 0.5) is 36.3 Å². The number of carbonyl (C=O) groups excluding carboxylic acids is 1. The molecule has 0 bridgehead atoms. The molecule has 0 radical (unpaired) electrons. The fourth-order valence-corrected chi connectivity index (χ4v) is 4.43. The predicted molar refractivity (Wildman–Crippen MR) is 162 cm³/mol. The second-order valence-electron chi connectivity index (χ2n) is 9.92. The van der Waals surface area contributed by atoms with Gasteiger partial charge in [0.15, 0.2) is 12.4 Å². The van der Waals surface area contributed by atoms with E-state index in [4.69, 9.17) is 4.74 Å². The molecule has 42 heavy (non-hydrogen) atoms. The first-order chi connectivity index (χ1) is 19.9. The van der Waals surface area contributed by atoms with E-state index >= 15 is 0 Å². The number of alkyl halides is 3. The highest BCUT2D eigenvalue weighted by Gasteiger charge is 2.30. The SMILES string of the molecule is CN(C)CCN(C)c1nc(OCC(F)(F)F)c(Nc2nccc(-c3cn(C)c4ccccc34)n2)cc1NC(=O)CCS. The average molecular weight is 603 g/mol. The average Bonchev–Trinajstić information content (AvgIpc) is 3.27. The summed E-state index contributed by atoms with van der Waals surface area (Å²) in [6.07, 6.45) is -0.964. The zero-order valence-corrected chi connectivity index (χ0v) is 24.6. The molecule has 0 fully saturated rings. The Labute approximate surface area is 247 Å². The van der Waals surface area contributed by atoms with Crippen LogP contribution in [0.2, 0.25) is 0 Å². The van der Waals surface area contributed by atoms with Crippen LogP contribution in [0, 0.1) is 0 Å². The number of aryl methyl sites for hydroxylation is 1. The van der Waals surface area contributed by atoms with Gasteiger partial charge in [0.1, 0.15) is 5.69 Å². The number of halogens is 3. The number of nitrogens with one attached hydrogen (secondary N) is 2. The Hall–Kier alpha value is -4.04. The summed E-state index contributed by atoms with van der Waals surface area (Å²) >= 11 is 4.12. The molecule has 0 aliphatic rings. The van der Waals surface area contributed by atoms with Gasteiger partial charge in [0, 0.05) is 62.5 Å². The minimum atomic E-state index is -4.60. The summed E-state index contributed by atoms with van der Waals surface area (Å²) in [5.74, 6) is 0.0408. The summed E-state index contributed by atoms with van der Waals surface area (Å²) in [4.78, 5) is 29.5. The molecule has 3 aromatic heterocycles. The molecule has 0 atom stereocenters. The van der Waals surface area contributed by atoms with Gasteiger partial charge in [-0.25, -0.2) is 9.97 Å². The molecule has 1 aromatic carbocycles. The molecule has 1 amide bonds. The van der Waals surface area contributed by atoms with Crippen LogP contribution in [0.15, 0.2) is 48.8 Å². The van der Waals surface area contributed by atoms with E-state index in [-0.39, 0.29) is 41.3 Å². The van der Waals surface area contributed by atoms with Gasteiger partial charge in [-0.2, -0.15) is 30.8 Å². The van der Waals surface area contributed by atoms with Gasteiger partial charge in [-0.05, 0) is 38.0 Å². The third-order valence-corrected chi connectivity index (χ3v) is 6.50. The first-order valence-electron chi connectivity index (χ1n) is 13.1. The Bertz CT molecular complexity index is 1540. The summed E-state index contributed by atoms with van der Waals surface area (Å²) in [6, 6.07) is 11.1. The van der Waals surface area contributed by atoms with Crippen molar-refractivity contribution in [2.45, 2.75) is 12.6 Å². The fourth-order valence-electron chi connectivity index (χ4n) is 4.23. The maximum Gasteiger partial charge on any atom is 0.422 e. The molecular weight excluding hydrogens is 569 g/mol. The second-order valence-corrected chi connectivity index (χ2v) is 10.4.